The first-order valence-corrected chi connectivity index (χ1v) is 14.8. The van der Waals surface area contributed by atoms with Crippen molar-refractivity contribution in [2.45, 2.75) is 56.7 Å². The molecule has 1 aromatic heterocycles. The number of thioether (sulfide) groups is 1. The highest BCUT2D eigenvalue weighted by molar-refractivity contribution is 9.10. The third-order valence-corrected chi connectivity index (χ3v) is 9.37. The van der Waals surface area contributed by atoms with Crippen molar-refractivity contribution in [1.29, 1.82) is 0 Å². The van der Waals surface area contributed by atoms with Gasteiger partial charge in [-0.05, 0) is 51.1 Å². The van der Waals surface area contributed by atoms with Crippen LogP contribution in [0.5, 0.6) is 5.75 Å². The van der Waals surface area contributed by atoms with Crippen molar-refractivity contribution < 1.29 is 32.6 Å². The molecular weight excluding hydrogens is 578 g/mol. The van der Waals surface area contributed by atoms with Gasteiger partial charge in [-0.1, -0.05) is 22.9 Å². The average Bonchev–Trinajstić information content (AvgIpc) is 3.07. The van der Waals surface area contributed by atoms with Crippen LogP contribution in [-0.4, -0.2) is 57.0 Å². The summed E-state index contributed by atoms with van der Waals surface area (Å²) in [6.45, 7) is 6.27. The third kappa shape index (κ3) is 7.41. The molecule has 0 aliphatic carbocycles. The van der Waals surface area contributed by atoms with Crippen LogP contribution >= 0.6 is 35.3 Å². The van der Waals surface area contributed by atoms with Gasteiger partial charge in [-0.2, -0.15) is 4.98 Å². The predicted molar refractivity (Wildman–Crippen MR) is 138 cm³/mol. The number of carbonyl (C=O) groups excluding carboxylic acids is 1. The van der Waals surface area contributed by atoms with Gasteiger partial charge >= 0.3 is 19.3 Å². The molecule has 13 heteroatoms. The van der Waals surface area contributed by atoms with E-state index < -0.39 is 48.1 Å². The molecular formula is C23H29BrFN2O7PS. The minimum Gasteiger partial charge on any atom is -0.463 e. The number of carbonyl (C=O) groups is 1. The summed E-state index contributed by atoms with van der Waals surface area (Å²) in [5.41, 5.74) is -0.142. The SMILES string of the molecule is Cc1ccn([C@@H]2S[C@H](COP(=O)(C[C@@H](C)C(=O)OC(C)C)Oc3ccc(Br)cc3)[C@@H](O)[C@@H]2F)c(=O)n1. The van der Waals surface area contributed by atoms with Crippen molar-refractivity contribution in [2.75, 3.05) is 12.8 Å². The van der Waals surface area contributed by atoms with Gasteiger partial charge in [-0.25, -0.2) is 13.8 Å². The Labute approximate surface area is 221 Å². The number of hydrogen-bond acceptors (Lipinski definition) is 9. The van der Waals surface area contributed by atoms with E-state index in [4.69, 9.17) is 13.8 Å². The van der Waals surface area contributed by atoms with Crippen LogP contribution in [0.2, 0.25) is 0 Å². The highest BCUT2D eigenvalue weighted by Gasteiger charge is 2.46. The quantitative estimate of drug-likeness (QED) is 0.308. The standard InChI is InChI=1S/C23H29BrFN2O7PS/c1-13(2)33-22(29)14(3)12-35(31,34-17-7-5-16(24)6-8-17)32-11-18-20(28)19(25)21(36-18)27-10-9-15(4)26-23(27)30/h5-10,13-14,18-21,28H,11-12H2,1-4H3/t14-,18-,19+,20-,21-,35?/m1/s1. The van der Waals surface area contributed by atoms with E-state index in [0.717, 1.165) is 20.8 Å². The smallest absolute Gasteiger partial charge is 0.380 e. The number of aliphatic hydroxyl groups is 1. The van der Waals surface area contributed by atoms with E-state index in [9.17, 15) is 23.7 Å². The Hall–Kier alpha value is -1.72. The van der Waals surface area contributed by atoms with E-state index in [0.29, 0.717) is 5.69 Å². The van der Waals surface area contributed by atoms with Crippen molar-refractivity contribution in [2.24, 2.45) is 5.92 Å². The first-order chi connectivity index (χ1) is 16.9. The Morgan fingerprint density at radius 1 is 1.28 bits per heavy atom. The Balaban J connectivity index is 1.76. The summed E-state index contributed by atoms with van der Waals surface area (Å²) in [5.74, 6) is -1.11. The van der Waals surface area contributed by atoms with Gasteiger partial charge in [0, 0.05) is 16.4 Å². The summed E-state index contributed by atoms with van der Waals surface area (Å²) in [6, 6.07) is 8.13. The monoisotopic (exact) mass is 606 g/mol. The van der Waals surface area contributed by atoms with Crippen molar-refractivity contribution in [3.63, 3.8) is 0 Å². The molecule has 9 nitrogen and oxygen atoms in total. The number of aryl methyl sites for hydroxylation is 1. The lowest BCUT2D eigenvalue weighted by molar-refractivity contribution is -0.151. The van der Waals surface area contributed by atoms with Gasteiger partial charge in [0.1, 0.15) is 17.2 Å². The second-order valence-corrected chi connectivity index (χ2v) is 13.1. The van der Waals surface area contributed by atoms with Crippen molar-refractivity contribution in [3.05, 3.63) is 57.2 Å². The van der Waals surface area contributed by atoms with E-state index in [-0.39, 0.29) is 24.6 Å². The molecule has 36 heavy (non-hydrogen) atoms. The molecule has 1 aromatic carbocycles. The van der Waals surface area contributed by atoms with Crippen molar-refractivity contribution in [1.82, 2.24) is 9.55 Å². The number of nitrogens with zero attached hydrogens (tertiary/aromatic N) is 2. The lowest BCUT2D eigenvalue weighted by atomic mass is 10.1. The van der Waals surface area contributed by atoms with Gasteiger partial charge < -0.3 is 14.4 Å². The van der Waals surface area contributed by atoms with Gasteiger partial charge in [-0.15, -0.1) is 11.8 Å². The summed E-state index contributed by atoms with van der Waals surface area (Å²) in [7, 11) is -3.96. The number of halogens is 2. The van der Waals surface area contributed by atoms with Crippen LogP contribution in [0.4, 0.5) is 4.39 Å². The van der Waals surface area contributed by atoms with Crippen LogP contribution in [0.25, 0.3) is 0 Å². The Morgan fingerprint density at radius 3 is 2.56 bits per heavy atom. The number of hydrogen-bond donors (Lipinski definition) is 1. The highest BCUT2D eigenvalue weighted by Crippen LogP contribution is 2.52. The average molecular weight is 607 g/mol. The lowest BCUT2D eigenvalue weighted by Gasteiger charge is -2.24. The van der Waals surface area contributed by atoms with Gasteiger partial charge in [0.25, 0.3) is 0 Å². The molecule has 0 amide bonds. The predicted octanol–water partition coefficient (Wildman–Crippen LogP) is 4.50. The number of benzene rings is 1. The maximum absolute atomic E-state index is 15.0. The van der Waals surface area contributed by atoms with E-state index in [1.54, 1.807) is 58.0 Å². The van der Waals surface area contributed by atoms with E-state index in [1.807, 2.05) is 0 Å². The van der Waals surface area contributed by atoms with E-state index in [2.05, 4.69) is 20.9 Å². The van der Waals surface area contributed by atoms with Gasteiger partial charge in [0.05, 0.1) is 30.0 Å². The van der Waals surface area contributed by atoms with Gasteiger partial charge in [0.15, 0.2) is 6.17 Å². The van der Waals surface area contributed by atoms with Crippen molar-refractivity contribution >= 4 is 41.3 Å². The van der Waals surface area contributed by atoms with Crippen LogP contribution in [0.15, 0.2) is 45.8 Å². The molecule has 0 saturated carbocycles. The van der Waals surface area contributed by atoms with E-state index >= 15 is 0 Å². The Bertz CT molecular complexity index is 1170. The number of rotatable bonds is 10. The lowest BCUT2D eigenvalue weighted by Crippen LogP contribution is -2.33. The maximum atomic E-state index is 15.0. The van der Waals surface area contributed by atoms with Crippen LogP contribution in [0, 0.1) is 12.8 Å². The van der Waals surface area contributed by atoms with Crippen molar-refractivity contribution in [3.8, 4) is 5.75 Å². The molecule has 1 aliphatic heterocycles. The zero-order valence-corrected chi connectivity index (χ0v) is 23.5. The molecule has 3 rings (SSSR count). The number of ether oxygens (including phenoxy) is 1. The molecule has 2 heterocycles. The minimum absolute atomic E-state index is 0.254. The number of aliphatic hydroxyl groups excluding tert-OH is 1. The van der Waals surface area contributed by atoms with E-state index in [1.165, 1.54) is 6.20 Å². The molecule has 0 radical (unpaired) electrons. The normalized spacial score (nSPS) is 24.3. The molecule has 0 spiro atoms. The van der Waals surface area contributed by atoms with Crippen LogP contribution in [-0.2, 0) is 18.6 Å². The molecule has 6 atom stereocenters. The first kappa shape index (κ1) is 28.8. The molecule has 1 unspecified atom stereocenters. The molecule has 1 fully saturated rings. The molecule has 0 bridgehead atoms. The molecule has 1 N–H and O–H groups in total. The molecule has 2 aromatic rings. The maximum Gasteiger partial charge on any atom is 0.380 e. The Morgan fingerprint density at radius 2 is 1.94 bits per heavy atom. The van der Waals surface area contributed by atoms with Crippen LogP contribution in [0.3, 0.4) is 0 Å². The largest absolute Gasteiger partial charge is 0.463 e. The zero-order chi connectivity index (χ0) is 26.6. The van der Waals surface area contributed by atoms with Crippen LogP contribution < -0.4 is 10.2 Å². The van der Waals surface area contributed by atoms with Gasteiger partial charge in [0.2, 0.25) is 0 Å². The molecule has 198 valence electrons. The number of esters is 1. The summed E-state index contributed by atoms with van der Waals surface area (Å²) in [5, 5.41) is 8.62. The zero-order valence-electron chi connectivity index (χ0n) is 20.2. The fourth-order valence-electron chi connectivity index (χ4n) is 3.47. The molecule has 1 aliphatic rings. The van der Waals surface area contributed by atoms with Gasteiger partial charge in [-0.3, -0.25) is 13.9 Å². The second kappa shape index (κ2) is 12.2. The fraction of sp³-hybridized carbons (Fsp3) is 0.522. The minimum atomic E-state index is -3.96. The Kier molecular flexibility index (Phi) is 9.79. The number of aromatic nitrogens is 2. The fourth-order valence-corrected chi connectivity index (χ4v) is 7.14. The summed E-state index contributed by atoms with van der Waals surface area (Å²) < 4.78 is 47.2. The van der Waals surface area contributed by atoms with Crippen LogP contribution in [0.1, 0.15) is 31.8 Å². The summed E-state index contributed by atoms with van der Waals surface area (Å²) >= 11 is 4.30. The number of alkyl halides is 1. The topological polar surface area (TPSA) is 117 Å². The third-order valence-electron chi connectivity index (χ3n) is 5.28. The second-order valence-electron chi connectivity index (χ2n) is 8.78. The summed E-state index contributed by atoms with van der Waals surface area (Å²) in [6.07, 6.45) is -2.48. The molecule has 1 saturated heterocycles. The first-order valence-electron chi connectivity index (χ1n) is 11.3. The highest BCUT2D eigenvalue weighted by atomic mass is 79.9. The summed E-state index contributed by atoms with van der Waals surface area (Å²) in [4.78, 5) is 28.4.